The number of azo groups is 1. The Bertz CT molecular complexity index is 555. The number of allylic oxidation sites excluding steroid dienone is 4. The van der Waals surface area contributed by atoms with Crippen molar-refractivity contribution in [2.75, 3.05) is 0 Å². The summed E-state index contributed by atoms with van der Waals surface area (Å²) in [5.74, 6) is 0.415. The highest BCUT2D eigenvalue weighted by Gasteiger charge is 1.96. The molecule has 0 aliphatic heterocycles. The predicted octanol–water partition coefficient (Wildman–Crippen LogP) is 4.71. The van der Waals surface area contributed by atoms with Gasteiger partial charge in [-0.3, -0.25) is 0 Å². The molecule has 0 spiro atoms. The molecular formula is C15H18N2O2. The number of aliphatic hydroxyl groups is 1. The highest BCUT2D eigenvalue weighted by molar-refractivity contribution is 5.45. The van der Waals surface area contributed by atoms with Gasteiger partial charge in [-0.05, 0) is 62.8 Å². The molecule has 4 nitrogen and oxygen atoms in total. The first-order valence-electron chi connectivity index (χ1n) is 5.98. The quantitative estimate of drug-likeness (QED) is 0.466. The summed E-state index contributed by atoms with van der Waals surface area (Å²) >= 11 is 0. The van der Waals surface area contributed by atoms with E-state index in [0.29, 0.717) is 11.4 Å². The Morgan fingerprint density at radius 3 is 2.47 bits per heavy atom. The van der Waals surface area contributed by atoms with Crippen LogP contribution in [-0.4, -0.2) is 10.2 Å². The van der Waals surface area contributed by atoms with Crippen molar-refractivity contribution in [3.63, 3.8) is 0 Å². The van der Waals surface area contributed by atoms with Gasteiger partial charge in [0.15, 0.2) is 0 Å². The predicted molar refractivity (Wildman–Crippen MR) is 76.6 cm³/mol. The van der Waals surface area contributed by atoms with E-state index < -0.39 is 0 Å². The first-order valence-corrected chi connectivity index (χ1v) is 5.98. The van der Waals surface area contributed by atoms with E-state index in [1.54, 1.807) is 56.4 Å². The van der Waals surface area contributed by atoms with E-state index in [0.717, 1.165) is 5.56 Å². The fourth-order valence-corrected chi connectivity index (χ4v) is 1.27. The zero-order valence-corrected chi connectivity index (χ0v) is 11.3. The standard InChI is InChI=1S/C15H18N2O2/c1-4-12(6-8-14(18)5-2)16-17-13-7-9-15(19)11(3)10-13/h4-10,18-19H,1-3H3/b8-6-,12-4+,14-5-,17-16?. The highest BCUT2D eigenvalue weighted by Crippen LogP contribution is 2.23. The minimum atomic E-state index is 0.176. The van der Waals surface area contributed by atoms with Crippen LogP contribution < -0.4 is 0 Å². The molecule has 0 amide bonds. The maximum atomic E-state index is 9.41. The minimum Gasteiger partial charge on any atom is -0.508 e. The van der Waals surface area contributed by atoms with Crippen molar-refractivity contribution in [1.82, 2.24) is 0 Å². The van der Waals surface area contributed by atoms with Crippen LogP contribution in [0.1, 0.15) is 19.4 Å². The van der Waals surface area contributed by atoms with Gasteiger partial charge in [0.25, 0.3) is 0 Å². The topological polar surface area (TPSA) is 65.2 Å². The summed E-state index contributed by atoms with van der Waals surface area (Å²) in [6.45, 7) is 5.39. The lowest BCUT2D eigenvalue weighted by Crippen LogP contribution is -1.75. The van der Waals surface area contributed by atoms with Crippen LogP contribution in [0.2, 0.25) is 0 Å². The third-order valence-electron chi connectivity index (χ3n) is 2.48. The van der Waals surface area contributed by atoms with Crippen molar-refractivity contribution in [2.24, 2.45) is 10.2 Å². The van der Waals surface area contributed by atoms with E-state index in [4.69, 9.17) is 0 Å². The molecule has 0 radical (unpaired) electrons. The Morgan fingerprint density at radius 2 is 1.89 bits per heavy atom. The highest BCUT2D eigenvalue weighted by atomic mass is 16.3. The van der Waals surface area contributed by atoms with Crippen LogP contribution in [0, 0.1) is 6.92 Å². The van der Waals surface area contributed by atoms with Crippen molar-refractivity contribution >= 4 is 5.69 Å². The molecule has 19 heavy (non-hydrogen) atoms. The number of nitrogens with zero attached hydrogens (tertiary/aromatic N) is 2. The molecule has 0 bridgehead atoms. The molecule has 0 aliphatic rings. The SMILES string of the molecule is C/C=C(O)/C=C\C(=C/C)N=Nc1ccc(O)c(C)c1. The second kappa shape index (κ2) is 7.16. The fourth-order valence-electron chi connectivity index (χ4n) is 1.27. The summed E-state index contributed by atoms with van der Waals surface area (Å²) < 4.78 is 0. The van der Waals surface area contributed by atoms with E-state index in [1.807, 2.05) is 6.92 Å². The molecule has 1 rings (SSSR count). The first kappa shape index (κ1) is 14.7. The Hall–Kier alpha value is -2.36. The minimum absolute atomic E-state index is 0.176. The Kier molecular flexibility index (Phi) is 5.54. The summed E-state index contributed by atoms with van der Waals surface area (Å²) in [4.78, 5) is 0. The number of aromatic hydroxyl groups is 1. The molecule has 0 saturated carbocycles. The van der Waals surface area contributed by atoms with E-state index in [2.05, 4.69) is 10.2 Å². The summed E-state index contributed by atoms with van der Waals surface area (Å²) in [6.07, 6.45) is 6.60. The van der Waals surface area contributed by atoms with E-state index in [9.17, 15) is 10.2 Å². The largest absolute Gasteiger partial charge is 0.508 e. The molecule has 0 unspecified atom stereocenters. The number of benzene rings is 1. The summed E-state index contributed by atoms with van der Waals surface area (Å²) in [5, 5.41) is 26.9. The average Bonchev–Trinajstić information content (AvgIpc) is 2.42. The summed E-state index contributed by atoms with van der Waals surface area (Å²) in [5.41, 5.74) is 2.05. The Balaban J connectivity index is 2.84. The average molecular weight is 258 g/mol. The van der Waals surface area contributed by atoms with Gasteiger partial charge >= 0.3 is 0 Å². The Morgan fingerprint density at radius 1 is 1.16 bits per heavy atom. The molecule has 0 aliphatic carbocycles. The molecule has 0 fully saturated rings. The monoisotopic (exact) mass is 258 g/mol. The van der Waals surface area contributed by atoms with Crippen LogP contribution in [0.3, 0.4) is 0 Å². The molecule has 1 aromatic carbocycles. The van der Waals surface area contributed by atoms with E-state index in [-0.39, 0.29) is 11.5 Å². The normalized spacial score (nSPS) is 13.6. The van der Waals surface area contributed by atoms with Crippen LogP contribution in [0.5, 0.6) is 5.75 Å². The number of rotatable bonds is 4. The number of hydrogen-bond acceptors (Lipinski definition) is 4. The summed E-state index contributed by atoms with van der Waals surface area (Å²) in [6, 6.07) is 5.02. The van der Waals surface area contributed by atoms with Crippen molar-refractivity contribution in [3.05, 3.63) is 59.5 Å². The van der Waals surface area contributed by atoms with Crippen LogP contribution in [0.4, 0.5) is 5.69 Å². The van der Waals surface area contributed by atoms with Gasteiger partial charge in [-0.25, -0.2) is 0 Å². The molecule has 100 valence electrons. The maximum Gasteiger partial charge on any atom is 0.118 e. The van der Waals surface area contributed by atoms with Gasteiger partial charge in [0.2, 0.25) is 0 Å². The van der Waals surface area contributed by atoms with Crippen molar-refractivity contribution in [3.8, 4) is 5.75 Å². The number of phenols is 1. The Labute approximate surface area is 113 Å². The second-order valence-corrected chi connectivity index (χ2v) is 3.93. The van der Waals surface area contributed by atoms with Crippen LogP contribution in [-0.2, 0) is 0 Å². The number of hydrogen-bond donors (Lipinski definition) is 2. The van der Waals surface area contributed by atoms with Crippen LogP contribution in [0.15, 0.2) is 64.2 Å². The molecular weight excluding hydrogens is 240 g/mol. The van der Waals surface area contributed by atoms with Crippen molar-refractivity contribution in [2.45, 2.75) is 20.8 Å². The third kappa shape index (κ3) is 4.79. The smallest absolute Gasteiger partial charge is 0.118 e. The van der Waals surface area contributed by atoms with Crippen LogP contribution in [0.25, 0.3) is 0 Å². The molecule has 4 heteroatoms. The van der Waals surface area contributed by atoms with E-state index in [1.165, 1.54) is 0 Å². The van der Waals surface area contributed by atoms with Gasteiger partial charge in [-0.15, -0.1) is 0 Å². The molecule has 2 N–H and O–H groups in total. The van der Waals surface area contributed by atoms with Gasteiger partial charge in [0.05, 0.1) is 11.4 Å². The van der Waals surface area contributed by atoms with Crippen molar-refractivity contribution < 1.29 is 10.2 Å². The van der Waals surface area contributed by atoms with Gasteiger partial charge in [-0.1, -0.05) is 6.08 Å². The zero-order valence-electron chi connectivity index (χ0n) is 11.3. The summed E-state index contributed by atoms with van der Waals surface area (Å²) in [7, 11) is 0. The lowest BCUT2D eigenvalue weighted by molar-refractivity contribution is 0.431. The number of aliphatic hydroxyl groups excluding tert-OH is 1. The van der Waals surface area contributed by atoms with Crippen LogP contribution >= 0.6 is 0 Å². The lowest BCUT2D eigenvalue weighted by Gasteiger charge is -1.98. The van der Waals surface area contributed by atoms with Gasteiger partial charge in [0, 0.05) is 0 Å². The van der Waals surface area contributed by atoms with Gasteiger partial charge in [0.1, 0.15) is 11.5 Å². The van der Waals surface area contributed by atoms with E-state index >= 15 is 0 Å². The molecule has 0 saturated heterocycles. The number of aryl methyl sites for hydroxylation is 1. The molecule has 0 heterocycles. The fraction of sp³-hybridized carbons (Fsp3) is 0.200. The lowest BCUT2D eigenvalue weighted by atomic mass is 10.2. The second-order valence-electron chi connectivity index (χ2n) is 3.93. The maximum absolute atomic E-state index is 9.41. The molecule has 0 aromatic heterocycles. The molecule has 0 atom stereocenters. The van der Waals surface area contributed by atoms with Gasteiger partial charge in [-0.2, -0.15) is 10.2 Å². The number of phenolic OH excluding ortho intramolecular Hbond substituents is 1. The third-order valence-corrected chi connectivity index (χ3v) is 2.48. The molecule has 1 aromatic rings. The van der Waals surface area contributed by atoms with Gasteiger partial charge < -0.3 is 10.2 Å². The zero-order chi connectivity index (χ0) is 14.3. The van der Waals surface area contributed by atoms with Crippen molar-refractivity contribution in [1.29, 1.82) is 0 Å². The first-order chi connectivity index (χ1) is 9.06.